The maximum absolute atomic E-state index is 13.0. The lowest BCUT2D eigenvalue weighted by atomic mass is 10.1. The zero-order chi connectivity index (χ0) is 18.7. The van der Waals surface area contributed by atoms with Crippen molar-refractivity contribution in [1.29, 1.82) is 0 Å². The Kier molecular flexibility index (Phi) is 5.91. The first-order valence-corrected chi connectivity index (χ1v) is 8.87. The van der Waals surface area contributed by atoms with E-state index in [1.165, 1.54) is 7.11 Å². The van der Waals surface area contributed by atoms with Crippen LogP contribution in [0, 0.1) is 0 Å². The standard InChI is InChI=1S/C19H19Cl2NO4/c1-24-16-5-3-4-15(18(16)25-2)19(23)22-6-7-26-17(11-22)12-8-13(20)10-14(21)9-12/h3-5,8-10,17H,6-7,11H2,1-2H3. The van der Waals surface area contributed by atoms with Gasteiger partial charge in [-0.1, -0.05) is 29.3 Å². The van der Waals surface area contributed by atoms with Crippen LogP contribution in [0.25, 0.3) is 0 Å². The van der Waals surface area contributed by atoms with Crippen molar-refractivity contribution >= 4 is 29.1 Å². The number of para-hydroxylation sites is 1. The molecular weight excluding hydrogens is 377 g/mol. The molecule has 0 N–H and O–H groups in total. The summed E-state index contributed by atoms with van der Waals surface area (Å²) in [4.78, 5) is 14.8. The van der Waals surface area contributed by atoms with E-state index in [0.717, 1.165) is 5.56 Å². The zero-order valence-corrected chi connectivity index (χ0v) is 16.0. The lowest BCUT2D eigenvalue weighted by molar-refractivity contribution is -0.0229. The smallest absolute Gasteiger partial charge is 0.257 e. The summed E-state index contributed by atoms with van der Waals surface area (Å²) in [5.41, 5.74) is 1.30. The van der Waals surface area contributed by atoms with Crippen LogP contribution in [0.3, 0.4) is 0 Å². The molecule has 1 amide bonds. The monoisotopic (exact) mass is 395 g/mol. The summed E-state index contributed by atoms with van der Waals surface area (Å²) in [5, 5.41) is 1.07. The molecule has 0 saturated carbocycles. The quantitative estimate of drug-likeness (QED) is 0.777. The van der Waals surface area contributed by atoms with Crippen molar-refractivity contribution < 1.29 is 19.0 Å². The second-order valence-corrected chi connectivity index (χ2v) is 6.73. The van der Waals surface area contributed by atoms with Crippen molar-refractivity contribution in [3.63, 3.8) is 0 Å². The van der Waals surface area contributed by atoms with Crippen LogP contribution in [0.2, 0.25) is 10.0 Å². The van der Waals surface area contributed by atoms with Crippen LogP contribution in [0.4, 0.5) is 0 Å². The molecule has 1 unspecified atom stereocenters. The van der Waals surface area contributed by atoms with E-state index in [1.54, 1.807) is 48.4 Å². The highest BCUT2D eigenvalue weighted by molar-refractivity contribution is 6.34. The molecule has 0 aliphatic carbocycles. The number of carbonyl (C=O) groups excluding carboxylic acids is 1. The van der Waals surface area contributed by atoms with E-state index in [2.05, 4.69) is 0 Å². The molecule has 0 radical (unpaired) electrons. The number of methoxy groups -OCH3 is 2. The van der Waals surface area contributed by atoms with Crippen molar-refractivity contribution in [3.8, 4) is 11.5 Å². The molecule has 26 heavy (non-hydrogen) atoms. The average Bonchev–Trinajstić information content (AvgIpc) is 2.66. The van der Waals surface area contributed by atoms with Gasteiger partial charge in [0.1, 0.15) is 6.10 Å². The minimum absolute atomic E-state index is 0.137. The Bertz CT molecular complexity index is 792. The number of amides is 1. The number of carbonyl (C=O) groups is 1. The van der Waals surface area contributed by atoms with E-state index in [9.17, 15) is 4.79 Å². The van der Waals surface area contributed by atoms with Crippen LogP contribution in [-0.4, -0.2) is 44.7 Å². The Balaban J connectivity index is 1.85. The van der Waals surface area contributed by atoms with E-state index in [-0.39, 0.29) is 12.0 Å². The molecule has 1 aliphatic rings. The van der Waals surface area contributed by atoms with Gasteiger partial charge in [-0.3, -0.25) is 4.79 Å². The summed E-state index contributed by atoms with van der Waals surface area (Å²) in [6.45, 7) is 1.31. The van der Waals surface area contributed by atoms with Crippen molar-refractivity contribution in [2.45, 2.75) is 6.10 Å². The normalized spacial score (nSPS) is 17.1. The number of ether oxygens (including phenoxy) is 3. The second kappa shape index (κ2) is 8.16. The van der Waals surface area contributed by atoms with Crippen LogP contribution < -0.4 is 9.47 Å². The number of halogens is 2. The van der Waals surface area contributed by atoms with Gasteiger partial charge in [-0.25, -0.2) is 0 Å². The number of rotatable bonds is 4. The summed E-state index contributed by atoms with van der Waals surface area (Å²) in [6, 6.07) is 10.5. The molecule has 2 aromatic rings. The molecule has 1 atom stereocenters. The van der Waals surface area contributed by atoms with Crippen LogP contribution in [0.5, 0.6) is 11.5 Å². The van der Waals surface area contributed by atoms with Gasteiger partial charge in [0.15, 0.2) is 11.5 Å². The van der Waals surface area contributed by atoms with Gasteiger partial charge in [0.25, 0.3) is 5.91 Å². The first-order valence-electron chi connectivity index (χ1n) is 8.11. The summed E-state index contributed by atoms with van der Waals surface area (Å²) >= 11 is 12.2. The highest BCUT2D eigenvalue weighted by Crippen LogP contribution is 2.33. The molecule has 7 heteroatoms. The van der Waals surface area contributed by atoms with E-state index in [4.69, 9.17) is 37.4 Å². The topological polar surface area (TPSA) is 48.0 Å². The van der Waals surface area contributed by atoms with E-state index in [1.807, 2.05) is 0 Å². The molecule has 5 nitrogen and oxygen atoms in total. The first-order chi connectivity index (χ1) is 12.5. The third-order valence-electron chi connectivity index (χ3n) is 4.24. The van der Waals surface area contributed by atoms with Gasteiger partial charge in [0.2, 0.25) is 0 Å². The predicted molar refractivity (Wildman–Crippen MR) is 101 cm³/mol. The fraction of sp³-hybridized carbons (Fsp3) is 0.316. The summed E-state index contributed by atoms with van der Waals surface area (Å²) in [7, 11) is 3.06. The van der Waals surface area contributed by atoms with Crippen LogP contribution >= 0.6 is 23.2 Å². The summed E-state index contributed by atoms with van der Waals surface area (Å²) in [6.07, 6.45) is -0.291. The number of hydrogen-bond acceptors (Lipinski definition) is 4. The lowest BCUT2D eigenvalue weighted by Crippen LogP contribution is -2.42. The number of hydrogen-bond donors (Lipinski definition) is 0. The van der Waals surface area contributed by atoms with Crippen LogP contribution in [0.15, 0.2) is 36.4 Å². The van der Waals surface area contributed by atoms with Gasteiger partial charge in [0, 0.05) is 16.6 Å². The van der Waals surface area contributed by atoms with Gasteiger partial charge in [-0.2, -0.15) is 0 Å². The Morgan fingerprint density at radius 1 is 1.15 bits per heavy atom. The van der Waals surface area contributed by atoms with Gasteiger partial charge >= 0.3 is 0 Å². The zero-order valence-electron chi connectivity index (χ0n) is 14.5. The Hall–Kier alpha value is -1.95. The third-order valence-corrected chi connectivity index (χ3v) is 4.68. The molecular formula is C19H19Cl2NO4. The molecule has 0 spiro atoms. The van der Waals surface area contributed by atoms with E-state index in [0.29, 0.717) is 46.8 Å². The van der Waals surface area contributed by atoms with E-state index >= 15 is 0 Å². The Morgan fingerprint density at radius 3 is 2.54 bits per heavy atom. The Morgan fingerprint density at radius 2 is 1.88 bits per heavy atom. The van der Waals surface area contributed by atoms with Crippen molar-refractivity contribution in [2.24, 2.45) is 0 Å². The summed E-state index contributed by atoms with van der Waals surface area (Å²) < 4.78 is 16.5. The molecule has 1 fully saturated rings. The molecule has 3 rings (SSSR count). The van der Waals surface area contributed by atoms with Crippen molar-refractivity contribution in [3.05, 3.63) is 57.6 Å². The minimum Gasteiger partial charge on any atom is -0.493 e. The molecule has 1 heterocycles. The van der Waals surface area contributed by atoms with Gasteiger partial charge < -0.3 is 19.1 Å². The number of benzene rings is 2. The van der Waals surface area contributed by atoms with Crippen LogP contribution in [0.1, 0.15) is 22.0 Å². The molecule has 0 bridgehead atoms. The molecule has 138 valence electrons. The van der Waals surface area contributed by atoms with Gasteiger partial charge in [-0.05, 0) is 35.9 Å². The highest BCUT2D eigenvalue weighted by Gasteiger charge is 2.28. The fourth-order valence-corrected chi connectivity index (χ4v) is 3.57. The minimum atomic E-state index is -0.291. The second-order valence-electron chi connectivity index (χ2n) is 5.85. The molecule has 1 saturated heterocycles. The summed E-state index contributed by atoms with van der Waals surface area (Å²) in [5.74, 6) is 0.806. The number of nitrogens with zero attached hydrogens (tertiary/aromatic N) is 1. The van der Waals surface area contributed by atoms with Crippen molar-refractivity contribution in [1.82, 2.24) is 4.90 Å². The maximum atomic E-state index is 13.0. The molecule has 0 aromatic heterocycles. The number of morpholine rings is 1. The Labute approximate surface area is 162 Å². The maximum Gasteiger partial charge on any atom is 0.257 e. The predicted octanol–water partition coefficient (Wildman–Crippen LogP) is 4.22. The fourth-order valence-electron chi connectivity index (χ4n) is 3.02. The van der Waals surface area contributed by atoms with Gasteiger partial charge in [-0.15, -0.1) is 0 Å². The highest BCUT2D eigenvalue weighted by atomic mass is 35.5. The average molecular weight is 396 g/mol. The van der Waals surface area contributed by atoms with Crippen LogP contribution in [-0.2, 0) is 4.74 Å². The first kappa shape index (κ1) is 18.8. The van der Waals surface area contributed by atoms with Crippen molar-refractivity contribution in [2.75, 3.05) is 33.9 Å². The van der Waals surface area contributed by atoms with E-state index < -0.39 is 0 Å². The molecule has 2 aromatic carbocycles. The third kappa shape index (κ3) is 3.90. The SMILES string of the molecule is COc1cccc(C(=O)N2CCOC(c3cc(Cl)cc(Cl)c3)C2)c1OC. The lowest BCUT2D eigenvalue weighted by Gasteiger charge is -2.33. The molecule has 1 aliphatic heterocycles. The van der Waals surface area contributed by atoms with Gasteiger partial charge in [0.05, 0.1) is 32.9 Å². The largest absolute Gasteiger partial charge is 0.493 e.